The lowest BCUT2D eigenvalue weighted by Crippen LogP contribution is -2.20. The van der Waals surface area contributed by atoms with Gasteiger partial charge in [0, 0.05) is 27.8 Å². The Morgan fingerprint density at radius 2 is 2.27 bits per heavy atom. The monoisotopic (exact) mass is 380 g/mol. The number of rotatable bonds is 5. The number of anilines is 1. The predicted octanol–water partition coefficient (Wildman–Crippen LogP) is 3.41. The molecule has 0 saturated carbocycles. The van der Waals surface area contributed by atoms with Crippen LogP contribution in [0, 0.1) is 6.92 Å². The number of thiazole rings is 1. The number of nitrogens with zero attached hydrogens (tertiary/aromatic N) is 1. The molecule has 1 aromatic heterocycles. The summed E-state index contributed by atoms with van der Waals surface area (Å²) in [5.74, 6) is -0.973. The van der Waals surface area contributed by atoms with E-state index in [9.17, 15) is 9.59 Å². The molecule has 2 aromatic rings. The maximum Gasteiger partial charge on any atom is 0.331 e. The second-order valence-electron chi connectivity index (χ2n) is 4.32. The van der Waals surface area contributed by atoms with Gasteiger partial charge in [-0.2, -0.15) is 0 Å². The van der Waals surface area contributed by atoms with Crippen LogP contribution in [0.5, 0.6) is 0 Å². The molecule has 1 amide bonds. The van der Waals surface area contributed by atoms with Gasteiger partial charge in [0.25, 0.3) is 5.91 Å². The van der Waals surface area contributed by atoms with Crippen molar-refractivity contribution >= 4 is 50.9 Å². The van der Waals surface area contributed by atoms with E-state index < -0.39 is 5.97 Å². The number of aryl methyl sites for hydroxylation is 1. The molecular weight excluding hydrogens is 368 g/mol. The van der Waals surface area contributed by atoms with Crippen molar-refractivity contribution in [2.24, 2.45) is 0 Å². The number of nitrogens with one attached hydrogen (secondary N) is 1. The van der Waals surface area contributed by atoms with Gasteiger partial charge in [-0.15, -0.1) is 11.3 Å². The number of esters is 1. The van der Waals surface area contributed by atoms with Crippen molar-refractivity contribution in [2.75, 3.05) is 11.9 Å². The summed E-state index contributed by atoms with van der Waals surface area (Å²) in [7, 11) is 0. The van der Waals surface area contributed by atoms with Gasteiger partial charge >= 0.3 is 5.97 Å². The van der Waals surface area contributed by atoms with Gasteiger partial charge in [-0.1, -0.05) is 15.9 Å². The van der Waals surface area contributed by atoms with E-state index in [0.717, 1.165) is 10.0 Å². The topological polar surface area (TPSA) is 68.3 Å². The molecule has 0 spiro atoms. The fourth-order valence-electron chi connectivity index (χ4n) is 1.59. The summed E-state index contributed by atoms with van der Waals surface area (Å²) in [6, 6.07) is 5.49. The molecule has 0 unspecified atom stereocenters. The average molecular weight is 381 g/mol. The SMILES string of the molecule is Cc1cc(Br)ccc1NC(=O)COC(=O)C=Cc1nccs1. The lowest BCUT2D eigenvalue weighted by atomic mass is 10.2. The molecule has 5 nitrogen and oxygen atoms in total. The maximum atomic E-state index is 11.8. The minimum atomic E-state index is -0.585. The zero-order valence-corrected chi connectivity index (χ0v) is 14.1. The first-order valence-corrected chi connectivity index (χ1v) is 8.02. The second kappa shape index (κ2) is 7.86. The van der Waals surface area contributed by atoms with E-state index >= 15 is 0 Å². The number of ether oxygens (including phenoxy) is 1. The molecular formula is C15H13BrN2O3S. The van der Waals surface area contributed by atoms with Gasteiger partial charge in [-0.3, -0.25) is 4.79 Å². The first-order valence-electron chi connectivity index (χ1n) is 6.35. The Hall–Kier alpha value is -1.99. The summed E-state index contributed by atoms with van der Waals surface area (Å²) in [4.78, 5) is 27.2. The smallest absolute Gasteiger partial charge is 0.331 e. The molecule has 1 aromatic carbocycles. The molecule has 114 valence electrons. The van der Waals surface area contributed by atoms with Gasteiger partial charge in [-0.25, -0.2) is 9.78 Å². The first kappa shape index (κ1) is 16.4. The van der Waals surface area contributed by atoms with Crippen molar-refractivity contribution in [3.63, 3.8) is 0 Å². The van der Waals surface area contributed by atoms with E-state index in [1.165, 1.54) is 17.4 Å². The van der Waals surface area contributed by atoms with Crippen LogP contribution in [0.4, 0.5) is 5.69 Å². The number of hydrogen-bond donors (Lipinski definition) is 1. The number of amides is 1. The number of hydrogen-bond acceptors (Lipinski definition) is 5. The van der Waals surface area contributed by atoms with Gasteiger partial charge < -0.3 is 10.1 Å². The number of carbonyl (C=O) groups excluding carboxylic acids is 2. The molecule has 7 heteroatoms. The zero-order valence-electron chi connectivity index (χ0n) is 11.7. The van der Waals surface area contributed by atoms with Crippen molar-refractivity contribution in [3.05, 3.63) is 50.9 Å². The van der Waals surface area contributed by atoms with Gasteiger partial charge in [-0.05, 0) is 36.8 Å². The Labute approximate surface area is 140 Å². The highest BCUT2D eigenvalue weighted by Gasteiger charge is 2.07. The van der Waals surface area contributed by atoms with Crippen LogP contribution in [0.2, 0.25) is 0 Å². The minimum absolute atomic E-state index is 0.337. The summed E-state index contributed by atoms with van der Waals surface area (Å²) in [5.41, 5.74) is 1.60. The van der Waals surface area contributed by atoms with Crippen LogP contribution in [0.3, 0.4) is 0 Å². The Kier molecular flexibility index (Phi) is 5.85. The third kappa shape index (κ3) is 5.09. The van der Waals surface area contributed by atoms with Crippen molar-refractivity contribution in [1.82, 2.24) is 4.98 Å². The number of benzene rings is 1. The molecule has 0 saturated heterocycles. The number of aromatic nitrogens is 1. The lowest BCUT2D eigenvalue weighted by Gasteiger charge is -2.08. The lowest BCUT2D eigenvalue weighted by molar-refractivity contribution is -0.142. The predicted molar refractivity (Wildman–Crippen MR) is 89.6 cm³/mol. The van der Waals surface area contributed by atoms with Gasteiger partial charge in [0.1, 0.15) is 5.01 Å². The fourth-order valence-corrected chi connectivity index (χ4v) is 2.60. The summed E-state index contributed by atoms with van der Waals surface area (Å²) < 4.78 is 5.80. The van der Waals surface area contributed by atoms with Crippen LogP contribution in [0.25, 0.3) is 6.08 Å². The zero-order chi connectivity index (χ0) is 15.9. The Morgan fingerprint density at radius 3 is 2.95 bits per heavy atom. The molecule has 0 atom stereocenters. The molecule has 1 heterocycles. The van der Waals surface area contributed by atoms with Crippen LogP contribution in [0.1, 0.15) is 10.6 Å². The standard InChI is InChI=1S/C15H13BrN2O3S/c1-10-8-11(16)2-3-12(10)18-13(19)9-21-15(20)5-4-14-17-6-7-22-14/h2-8H,9H2,1H3,(H,18,19). The molecule has 0 aliphatic heterocycles. The van der Waals surface area contributed by atoms with Crippen molar-refractivity contribution < 1.29 is 14.3 Å². The third-order valence-electron chi connectivity index (χ3n) is 2.62. The van der Waals surface area contributed by atoms with Gasteiger partial charge in [0.2, 0.25) is 0 Å². The van der Waals surface area contributed by atoms with Crippen LogP contribution >= 0.6 is 27.3 Å². The van der Waals surface area contributed by atoms with E-state index in [4.69, 9.17) is 4.74 Å². The second-order valence-corrected chi connectivity index (χ2v) is 6.16. The fraction of sp³-hybridized carbons (Fsp3) is 0.133. The normalized spacial score (nSPS) is 10.6. The van der Waals surface area contributed by atoms with Gasteiger partial charge in [0.05, 0.1) is 0 Å². The maximum absolute atomic E-state index is 11.8. The van der Waals surface area contributed by atoms with Crippen LogP contribution < -0.4 is 5.32 Å². The average Bonchev–Trinajstić information content (AvgIpc) is 2.99. The number of halogens is 1. The van der Waals surface area contributed by atoms with E-state index in [1.807, 2.05) is 19.1 Å². The molecule has 0 fully saturated rings. The van der Waals surface area contributed by atoms with E-state index in [2.05, 4.69) is 26.2 Å². The highest BCUT2D eigenvalue weighted by Crippen LogP contribution is 2.19. The van der Waals surface area contributed by atoms with Crippen molar-refractivity contribution in [2.45, 2.75) is 6.92 Å². The molecule has 0 aliphatic rings. The molecule has 1 N–H and O–H groups in total. The third-order valence-corrected chi connectivity index (χ3v) is 3.86. The highest BCUT2D eigenvalue weighted by atomic mass is 79.9. The summed E-state index contributed by atoms with van der Waals surface area (Å²) in [6.45, 7) is 1.54. The van der Waals surface area contributed by atoms with E-state index in [1.54, 1.807) is 23.7 Å². The highest BCUT2D eigenvalue weighted by molar-refractivity contribution is 9.10. The van der Waals surface area contributed by atoms with Crippen LogP contribution in [-0.2, 0) is 14.3 Å². The van der Waals surface area contributed by atoms with E-state index in [0.29, 0.717) is 10.7 Å². The summed E-state index contributed by atoms with van der Waals surface area (Å²) >= 11 is 4.76. The molecule has 2 rings (SSSR count). The molecule has 0 radical (unpaired) electrons. The van der Waals surface area contributed by atoms with E-state index in [-0.39, 0.29) is 12.5 Å². The Balaban J connectivity index is 1.81. The molecule has 0 bridgehead atoms. The summed E-state index contributed by atoms with van der Waals surface area (Å²) in [6.07, 6.45) is 4.43. The van der Waals surface area contributed by atoms with Crippen molar-refractivity contribution in [1.29, 1.82) is 0 Å². The van der Waals surface area contributed by atoms with Crippen molar-refractivity contribution in [3.8, 4) is 0 Å². The molecule has 22 heavy (non-hydrogen) atoms. The molecule has 0 aliphatic carbocycles. The van der Waals surface area contributed by atoms with Crippen LogP contribution in [-0.4, -0.2) is 23.5 Å². The Bertz CT molecular complexity index is 699. The largest absolute Gasteiger partial charge is 0.452 e. The first-order chi connectivity index (χ1) is 10.5. The minimum Gasteiger partial charge on any atom is -0.452 e. The Morgan fingerprint density at radius 1 is 1.45 bits per heavy atom. The number of carbonyl (C=O) groups is 2. The van der Waals surface area contributed by atoms with Gasteiger partial charge in [0.15, 0.2) is 6.61 Å². The summed E-state index contributed by atoms with van der Waals surface area (Å²) in [5, 5.41) is 5.20. The quantitative estimate of drug-likeness (QED) is 0.637. The van der Waals surface area contributed by atoms with Crippen LogP contribution in [0.15, 0.2) is 40.3 Å².